The summed E-state index contributed by atoms with van der Waals surface area (Å²) in [5.74, 6) is -1.40. The zero-order valence-corrected chi connectivity index (χ0v) is 15.9. The van der Waals surface area contributed by atoms with Crippen molar-refractivity contribution in [3.8, 4) is 0 Å². The van der Waals surface area contributed by atoms with Crippen molar-refractivity contribution >= 4 is 33.4 Å². The van der Waals surface area contributed by atoms with Gasteiger partial charge in [0.25, 0.3) is 5.91 Å². The lowest BCUT2D eigenvalue weighted by Crippen LogP contribution is -2.44. The smallest absolute Gasteiger partial charge is 0.253 e. The molecule has 0 aromatic heterocycles. The van der Waals surface area contributed by atoms with Crippen LogP contribution in [0.4, 0.5) is 10.1 Å². The van der Waals surface area contributed by atoms with Crippen LogP contribution in [0.15, 0.2) is 16.6 Å². The minimum atomic E-state index is -0.794. The zero-order valence-electron chi connectivity index (χ0n) is 14.3. The number of nitrogens with one attached hydrogen (secondary N) is 2. The van der Waals surface area contributed by atoms with E-state index in [4.69, 9.17) is 5.73 Å². The number of amides is 2. The van der Waals surface area contributed by atoms with Crippen molar-refractivity contribution in [2.24, 2.45) is 5.73 Å². The van der Waals surface area contributed by atoms with Gasteiger partial charge < -0.3 is 16.4 Å². The van der Waals surface area contributed by atoms with Gasteiger partial charge in [-0.3, -0.25) is 14.5 Å². The maximum absolute atomic E-state index is 14.0. The molecule has 6 nitrogen and oxygen atoms in total. The Hall–Kier alpha value is -1.67. The Labute approximate surface area is 155 Å². The number of halogens is 2. The van der Waals surface area contributed by atoms with Gasteiger partial charge in [-0.1, -0.05) is 22.9 Å². The van der Waals surface area contributed by atoms with Gasteiger partial charge in [0.1, 0.15) is 5.82 Å². The highest BCUT2D eigenvalue weighted by atomic mass is 79.9. The van der Waals surface area contributed by atoms with Gasteiger partial charge in [0.05, 0.1) is 17.8 Å². The second-order valence-corrected chi connectivity index (χ2v) is 7.13. The molecule has 0 radical (unpaired) electrons. The first kappa shape index (κ1) is 19.7. The monoisotopic (exact) mass is 414 g/mol. The van der Waals surface area contributed by atoms with Gasteiger partial charge in [0, 0.05) is 30.1 Å². The van der Waals surface area contributed by atoms with Gasteiger partial charge in [-0.25, -0.2) is 4.39 Å². The fourth-order valence-corrected chi connectivity index (χ4v) is 3.35. The van der Waals surface area contributed by atoms with Crippen LogP contribution in [-0.4, -0.2) is 48.9 Å². The molecule has 0 aliphatic carbocycles. The van der Waals surface area contributed by atoms with E-state index in [0.717, 1.165) is 32.4 Å². The molecular formula is C17H24BrFN4O2. The second kappa shape index (κ2) is 9.15. The summed E-state index contributed by atoms with van der Waals surface area (Å²) in [5, 5.41) is 6.09. The molecule has 0 atom stereocenters. The average molecular weight is 415 g/mol. The molecule has 1 aromatic rings. The van der Waals surface area contributed by atoms with Crippen LogP contribution in [0, 0.1) is 5.82 Å². The first-order chi connectivity index (χ1) is 11.9. The molecule has 8 heteroatoms. The van der Waals surface area contributed by atoms with E-state index in [1.165, 1.54) is 6.07 Å². The fourth-order valence-electron chi connectivity index (χ4n) is 2.92. The number of benzene rings is 1. The molecule has 1 aliphatic heterocycles. The van der Waals surface area contributed by atoms with Gasteiger partial charge in [0.2, 0.25) is 5.91 Å². The van der Waals surface area contributed by atoms with Gasteiger partial charge >= 0.3 is 0 Å². The Balaban J connectivity index is 1.92. The van der Waals surface area contributed by atoms with Crippen LogP contribution in [0.3, 0.4) is 0 Å². The number of primary amides is 1. The summed E-state index contributed by atoms with van der Waals surface area (Å²) in [7, 11) is 0. The van der Waals surface area contributed by atoms with Crippen LogP contribution in [-0.2, 0) is 4.79 Å². The van der Waals surface area contributed by atoms with Crippen molar-refractivity contribution in [2.45, 2.75) is 32.2 Å². The van der Waals surface area contributed by atoms with E-state index in [1.54, 1.807) is 6.07 Å². The molecule has 2 rings (SSSR count). The number of nitrogens with zero attached hydrogens (tertiary/aromatic N) is 1. The van der Waals surface area contributed by atoms with E-state index in [0.29, 0.717) is 23.2 Å². The average Bonchev–Trinajstić information content (AvgIpc) is 2.53. The van der Waals surface area contributed by atoms with Gasteiger partial charge in [-0.05, 0) is 31.4 Å². The number of anilines is 1. The van der Waals surface area contributed by atoms with Crippen molar-refractivity contribution in [1.82, 2.24) is 10.2 Å². The van der Waals surface area contributed by atoms with Crippen LogP contribution in [0.5, 0.6) is 0 Å². The van der Waals surface area contributed by atoms with Crippen molar-refractivity contribution in [2.75, 3.05) is 31.5 Å². The Morgan fingerprint density at radius 3 is 2.64 bits per heavy atom. The number of piperidine rings is 1. The summed E-state index contributed by atoms with van der Waals surface area (Å²) in [6.07, 6.45) is 2.52. The molecule has 1 saturated heterocycles. The lowest BCUT2D eigenvalue weighted by atomic mass is 10.0. The first-order valence-electron chi connectivity index (χ1n) is 8.45. The number of carbonyl (C=O) groups is 2. The molecule has 1 fully saturated rings. The van der Waals surface area contributed by atoms with Crippen molar-refractivity contribution < 1.29 is 14.0 Å². The standard InChI is InChI=1S/C17H24BrFN4O2/c1-2-5-21-15(24)10-23-6-3-12(4-7-23)22-14-9-11(18)8-13(19)16(14)17(20)25/h8-9,12,22H,2-7,10H2,1H3,(H2,20,25)(H,21,24). The normalized spacial score (nSPS) is 15.8. The van der Waals surface area contributed by atoms with Crippen molar-refractivity contribution in [1.29, 1.82) is 0 Å². The molecule has 25 heavy (non-hydrogen) atoms. The first-order valence-corrected chi connectivity index (χ1v) is 9.24. The molecule has 4 N–H and O–H groups in total. The molecule has 1 aromatic carbocycles. The molecule has 2 amide bonds. The molecule has 0 saturated carbocycles. The fraction of sp³-hybridized carbons (Fsp3) is 0.529. The Morgan fingerprint density at radius 1 is 1.36 bits per heavy atom. The second-order valence-electron chi connectivity index (χ2n) is 6.22. The highest BCUT2D eigenvalue weighted by Crippen LogP contribution is 2.27. The minimum Gasteiger partial charge on any atom is -0.381 e. The summed E-state index contributed by atoms with van der Waals surface area (Å²) in [5.41, 5.74) is 5.58. The van der Waals surface area contributed by atoms with Crippen molar-refractivity contribution in [3.05, 3.63) is 28.0 Å². The topological polar surface area (TPSA) is 87.5 Å². The number of nitrogens with two attached hydrogens (primary N) is 1. The summed E-state index contributed by atoms with van der Waals surface area (Å²) in [6, 6.07) is 2.98. The number of carbonyl (C=O) groups excluding carboxylic acids is 2. The maximum Gasteiger partial charge on any atom is 0.253 e. The van der Waals surface area contributed by atoms with Crippen molar-refractivity contribution in [3.63, 3.8) is 0 Å². The van der Waals surface area contributed by atoms with E-state index in [9.17, 15) is 14.0 Å². The number of hydrogen-bond acceptors (Lipinski definition) is 4. The van der Waals surface area contributed by atoms with Crippen LogP contribution in [0.25, 0.3) is 0 Å². The highest BCUT2D eigenvalue weighted by Gasteiger charge is 2.23. The number of rotatable bonds is 7. The van der Waals surface area contributed by atoms with Gasteiger partial charge in [-0.15, -0.1) is 0 Å². The van der Waals surface area contributed by atoms with E-state index >= 15 is 0 Å². The zero-order chi connectivity index (χ0) is 18.4. The van der Waals surface area contributed by atoms with Crippen LogP contribution in [0.1, 0.15) is 36.5 Å². The molecule has 138 valence electrons. The highest BCUT2D eigenvalue weighted by molar-refractivity contribution is 9.10. The molecule has 0 spiro atoms. The molecule has 1 aliphatic rings. The third-order valence-corrected chi connectivity index (χ3v) is 4.65. The molecule has 1 heterocycles. The van der Waals surface area contributed by atoms with E-state index in [1.807, 2.05) is 6.92 Å². The lowest BCUT2D eigenvalue weighted by Gasteiger charge is -2.32. The van der Waals surface area contributed by atoms with Crippen LogP contribution < -0.4 is 16.4 Å². The lowest BCUT2D eigenvalue weighted by molar-refractivity contribution is -0.122. The van der Waals surface area contributed by atoms with E-state index in [2.05, 4.69) is 31.5 Å². The Kier molecular flexibility index (Phi) is 7.19. The number of likely N-dealkylation sites (tertiary alicyclic amines) is 1. The molecular weight excluding hydrogens is 391 g/mol. The quantitative estimate of drug-likeness (QED) is 0.637. The Morgan fingerprint density at radius 2 is 2.04 bits per heavy atom. The Bertz CT molecular complexity index is 633. The summed E-state index contributed by atoms with van der Waals surface area (Å²) >= 11 is 3.23. The predicted octanol–water partition coefficient (Wildman–Crippen LogP) is 2.09. The largest absolute Gasteiger partial charge is 0.381 e. The van der Waals surface area contributed by atoms with E-state index in [-0.39, 0.29) is 17.5 Å². The SMILES string of the molecule is CCCNC(=O)CN1CCC(Nc2cc(Br)cc(F)c2C(N)=O)CC1. The maximum atomic E-state index is 14.0. The summed E-state index contributed by atoms with van der Waals surface area (Å²) in [4.78, 5) is 25.4. The van der Waals surface area contributed by atoms with Gasteiger partial charge in [0.15, 0.2) is 0 Å². The minimum absolute atomic E-state index is 0.0401. The van der Waals surface area contributed by atoms with Crippen LogP contribution in [0.2, 0.25) is 0 Å². The number of hydrogen-bond donors (Lipinski definition) is 3. The molecule has 0 bridgehead atoms. The third kappa shape index (κ3) is 5.67. The van der Waals surface area contributed by atoms with E-state index < -0.39 is 11.7 Å². The molecule has 0 unspecified atom stereocenters. The predicted molar refractivity (Wildman–Crippen MR) is 99.0 cm³/mol. The third-order valence-electron chi connectivity index (χ3n) is 4.19. The summed E-state index contributed by atoms with van der Waals surface area (Å²) in [6.45, 7) is 4.63. The van der Waals surface area contributed by atoms with Gasteiger partial charge in [-0.2, -0.15) is 0 Å². The van der Waals surface area contributed by atoms with Crippen LogP contribution >= 0.6 is 15.9 Å². The summed E-state index contributed by atoms with van der Waals surface area (Å²) < 4.78 is 14.5.